The van der Waals surface area contributed by atoms with Crippen molar-refractivity contribution in [2.45, 2.75) is 96.3 Å². The Hall–Kier alpha value is -2.13. The molecule has 3 heteroatoms. The predicted molar refractivity (Wildman–Crippen MR) is 132 cm³/mol. The maximum atomic E-state index is 10.3. The van der Waals surface area contributed by atoms with E-state index >= 15 is 0 Å². The standard InChI is InChI=1S/C29H39NO2/c1-19-16-23-24(28(5,6)12-11-27(23,3)4)17-22(19)29(13-14-29)26-10-9-21(18-30-26)20(2)25(32)8-7-15-31/h9-10,16-18,31-32H,7-8,11-15H2,1-6H3/b25-20-. The van der Waals surface area contributed by atoms with E-state index in [0.29, 0.717) is 18.6 Å². The molecule has 1 saturated carbocycles. The second-order valence-electron chi connectivity index (χ2n) is 11.4. The third-order valence-corrected chi connectivity index (χ3v) is 8.15. The number of nitrogens with zero attached hydrogens (tertiary/aromatic N) is 1. The highest BCUT2D eigenvalue weighted by Gasteiger charge is 2.49. The van der Waals surface area contributed by atoms with Crippen molar-refractivity contribution in [2.24, 2.45) is 0 Å². The number of rotatable bonds is 6. The third-order valence-electron chi connectivity index (χ3n) is 8.15. The van der Waals surface area contributed by atoms with Gasteiger partial charge in [0.1, 0.15) is 0 Å². The number of allylic oxidation sites excluding steroid dienone is 2. The average molecular weight is 434 g/mol. The van der Waals surface area contributed by atoms with E-state index in [-0.39, 0.29) is 22.9 Å². The van der Waals surface area contributed by atoms with Gasteiger partial charge in [0.05, 0.1) is 11.5 Å². The van der Waals surface area contributed by atoms with Gasteiger partial charge in [-0.3, -0.25) is 4.98 Å². The summed E-state index contributed by atoms with van der Waals surface area (Å²) >= 11 is 0. The van der Waals surface area contributed by atoms with Gasteiger partial charge in [0.15, 0.2) is 0 Å². The van der Waals surface area contributed by atoms with Gasteiger partial charge in [-0.05, 0) is 96.2 Å². The van der Waals surface area contributed by atoms with Crippen LogP contribution in [0.2, 0.25) is 0 Å². The topological polar surface area (TPSA) is 53.4 Å². The minimum Gasteiger partial charge on any atom is -0.512 e. The molecule has 2 N–H and O–H groups in total. The fraction of sp³-hybridized carbons (Fsp3) is 0.552. The zero-order chi connectivity index (χ0) is 23.3. The number of fused-ring (bicyclic) bond motifs is 1. The summed E-state index contributed by atoms with van der Waals surface area (Å²) in [5, 5.41) is 19.3. The first-order chi connectivity index (χ1) is 15.0. The number of aliphatic hydroxyl groups is 2. The number of hydrogen-bond donors (Lipinski definition) is 2. The van der Waals surface area contributed by atoms with Crippen molar-refractivity contribution in [3.8, 4) is 0 Å². The molecule has 3 nitrogen and oxygen atoms in total. The van der Waals surface area contributed by atoms with E-state index in [2.05, 4.69) is 58.9 Å². The van der Waals surface area contributed by atoms with Crippen LogP contribution < -0.4 is 0 Å². The van der Waals surface area contributed by atoms with Crippen LogP contribution in [-0.4, -0.2) is 21.8 Å². The maximum absolute atomic E-state index is 10.3. The SMILES string of the molecule is C/C(=C(/O)CCCO)c1ccc(C2(c3cc4c(cc3C)C(C)(C)CCC4(C)C)CC2)nc1. The van der Waals surface area contributed by atoms with Crippen molar-refractivity contribution in [3.05, 3.63) is 69.7 Å². The van der Waals surface area contributed by atoms with Crippen LogP contribution >= 0.6 is 0 Å². The number of aliphatic hydroxyl groups excluding tert-OH is 2. The summed E-state index contributed by atoms with van der Waals surface area (Å²) in [6.07, 6.45) is 7.70. The Morgan fingerprint density at radius 3 is 2.09 bits per heavy atom. The smallest absolute Gasteiger partial charge is 0.0959 e. The molecule has 2 aromatic rings. The number of aryl methyl sites for hydroxylation is 1. The van der Waals surface area contributed by atoms with Crippen molar-refractivity contribution in [1.82, 2.24) is 4.98 Å². The van der Waals surface area contributed by atoms with Crippen molar-refractivity contribution in [2.75, 3.05) is 6.61 Å². The van der Waals surface area contributed by atoms with E-state index in [1.807, 2.05) is 13.1 Å². The molecule has 0 radical (unpaired) electrons. The summed E-state index contributed by atoms with van der Waals surface area (Å²) in [5.74, 6) is 0.338. The van der Waals surface area contributed by atoms with Crippen molar-refractivity contribution in [1.29, 1.82) is 0 Å². The zero-order valence-electron chi connectivity index (χ0n) is 20.7. The molecule has 1 aromatic heterocycles. The molecule has 1 heterocycles. The van der Waals surface area contributed by atoms with Crippen LogP contribution in [0.4, 0.5) is 0 Å². The lowest BCUT2D eigenvalue weighted by molar-refractivity contribution is 0.276. The molecule has 2 aliphatic carbocycles. The fourth-order valence-corrected chi connectivity index (χ4v) is 5.53. The summed E-state index contributed by atoms with van der Waals surface area (Å²) < 4.78 is 0. The Bertz CT molecular complexity index is 1040. The van der Waals surface area contributed by atoms with Gasteiger partial charge in [-0.2, -0.15) is 0 Å². The molecule has 4 rings (SSSR count). The van der Waals surface area contributed by atoms with E-state index in [1.54, 1.807) is 0 Å². The molecule has 2 aliphatic rings. The molecule has 0 aliphatic heterocycles. The Morgan fingerprint density at radius 2 is 1.56 bits per heavy atom. The Balaban J connectivity index is 1.71. The van der Waals surface area contributed by atoms with Gasteiger partial charge < -0.3 is 10.2 Å². The first kappa shape index (κ1) is 23.0. The molecular weight excluding hydrogens is 394 g/mol. The first-order valence-electron chi connectivity index (χ1n) is 12.1. The van der Waals surface area contributed by atoms with Gasteiger partial charge >= 0.3 is 0 Å². The van der Waals surface area contributed by atoms with Gasteiger partial charge in [0, 0.05) is 24.6 Å². The van der Waals surface area contributed by atoms with Crippen LogP contribution in [0.15, 0.2) is 36.2 Å². The van der Waals surface area contributed by atoms with Gasteiger partial charge in [0.2, 0.25) is 0 Å². The van der Waals surface area contributed by atoms with Crippen LogP contribution in [0.1, 0.15) is 107 Å². The van der Waals surface area contributed by atoms with Crippen LogP contribution in [-0.2, 0) is 16.2 Å². The molecule has 1 aromatic carbocycles. The zero-order valence-corrected chi connectivity index (χ0v) is 20.7. The highest BCUT2D eigenvalue weighted by atomic mass is 16.3. The summed E-state index contributed by atoms with van der Waals surface area (Å²) in [6.45, 7) is 13.8. The number of benzene rings is 1. The van der Waals surface area contributed by atoms with E-state index in [4.69, 9.17) is 10.1 Å². The second kappa shape index (κ2) is 8.02. The normalized spacial score (nSPS) is 21.0. The van der Waals surface area contributed by atoms with E-state index in [0.717, 1.165) is 29.7 Å². The Labute approximate surface area is 193 Å². The summed E-state index contributed by atoms with van der Waals surface area (Å²) in [5.41, 5.74) is 9.25. The predicted octanol–water partition coefficient (Wildman–Crippen LogP) is 6.88. The molecule has 0 spiro atoms. The fourth-order valence-electron chi connectivity index (χ4n) is 5.53. The van der Waals surface area contributed by atoms with Crippen LogP contribution in [0.3, 0.4) is 0 Å². The summed E-state index contributed by atoms with van der Waals surface area (Å²) in [7, 11) is 0. The summed E-state index contributed by atoms with van der Waals surface area (Å²) in [4.78, 5) is 4.90. The first-order valence-corrected chi connectivity index (χ1v) is 12.1. The van der Waals surface area contributed by atoms with E-state index in [9.17, 15) is 5.11 Å². The van der Waals surface area contributed by atoms with Crippen LogP contribution in [0.25, 0.3) is 5.57 Å². The molecule has 0 atom stereocenters. The van der Waals surface area contributed by atoms with Crippen molar-refractivity contribution < 1.29 is 10.2 Å². The quantitative estimate of drug-likeness (QED) is 0.488. The van der Waals surface area contributed by atoms with Gasteiger partial charge in [-0.1, -0.05) is 45.9 Å². The van der Waals surface area contributed by atoms with E-state index < -0.39 is 0 Å². The molecule has 172 valence electrons. The lowest BCUT2D eigenvalue weighted by Crippen LogP contribution is -2.34. The largest absolute Gasteiger partial charge is 0.512 e. The highest BCUT2D eigenvalue weighted by Crippen LogP contribution is 2.56. The van der Waals surface area contributed by atoms with Gasteiger partial charge in [-0.25, -0.2) is 0 Å². The second-order valence-corrected chi connectivity index (χ2v) is 11.4. The Kier molecular flexibility index (Phi) is 5.78. The number of hydrogen-bond acceptors (Lipinski definition) is 3. The van der Waals surface area contributed by atoms with Crippen molar-refractivity contribution in [3.63, 3.8) is 0 Å². The number of aromatic nitrogens is 1. The monoisotopic (exact) mass is 433 g/mol. The minimum absolute atomic E-state index is 0.0197. The lowest BCUT2D eigenvalue weighted by Gasteiger charge is -2.43. The van der Waals surface area contributed by atoms with Gasteiger partial charge in [-0.15, -0.1) is 0 Å². The third kappa shape index (κ3) is 3.90. The lowest BCUT2D eigenvalue weighted by atomic mass is 9.62. The minimum atomic E-state index is 0.0197. The highest BCUT2D eigenvalue weighted by molar-refractivity contribution is 5.65. The molecule has 0 bridgehead atoms. The van der Waals surface area contributed by atoms with Gasteiger partial charge in [0.25, 0.3) is 0 Å². The molecule has 1 fully saturated rings. The molecule has 32 heavy (non-hydrogen) atoms. The van der Waals surface area contributed by atoms with Crippen LogP contribution in [0.5, 0.6) is 0 Å². The number of pyridine rings is 1. The average Bonchev–Trinajstić information content (AvgIpc) is 3.56. The summed E-state index contributed by atoms with van der Waals surface area (Å²) in [6, 6.07) is 9.22. The molecule has 0 unspecified atom stereocenters. The molecule has 0 saturated heterocycles. The Morgan fingerprint density at radius 1 is 0.938 bits per heavy atom. The molecular formula is C29H39NO2. The molecule has 0 amide bonds. The van der Waals surface area contributed by atoms with Crippen LogP contribution in [0, 0.1) is 6.92 Å². The maximum Gasteiger partial charge on any atom is 0.0959 e. The van der Waals surface area contributed by atoms with Crippen molar-refractivity contribution >= 4 is 5.57 Å². The van der Waals surface area contributed by atoms with E-state index in [1.165, 1.54) is 35.1 Å².